The highest BCUT2D eigenvalue weighted by molar-refractivity contribution is 6.03. The van der Waals surface area contributed by atoms with Gasteiger partial charge in [0, 0.05) is 30.4 Å². The van der Waals surface area contributed by atoms with E-state index in [-0.39, 0.29) is 5.78 Å². The molecule has 9 heteroatoms. The normalized spacial score (nSPS) is 12.9. The fraction of sp³-hybridized carbons (Fsp3) is 0.278. The van der Waals surface area contributed by atoms with E-state index in [9.17, 15) is 14.4 Å². The number of aliphatic carboxylic acids is 2. The van der Waals surface area contributed by atoms with Crippen LogP contribution in [-0.2, 0) is 15.0 Å². The van der Waals surface area contributed by atoms with E-state index in [4.69, 9.17) is 20.4 Å². The molecule has 144 valence electrons. The lowest BCUT2D eigenvalue weighted by Gasteiger charge is -2.23. The lowest BCUT2D eigenvalue weighted by atomic mass is 9.79. The standard InChI is InChI=1S/C14H14N2O.C4H6O6/c1-14(2,12-6-4-8-16-10-12)13(17)11-5-3-7-15-9-11;5-1(3(7)8)2(6)4(9)10/h3-10H,1-2H3;1-2,5-6H,(H,7,8)(H,9,10)/t;1-,2?/m.1/s1. The molecule has 0 saturated carbocycles. The number of nitrogens with zero attached hydrogens (tertiary/aromatic N) is 2. The van der Waals surface area contributed by atoms with Crippen LogP contribution in [0.4, 0.5) is 0 Å². The van der Waals surface area contributed by atoms with Crippen molar-refractivity contribution in [3.05, 3.63) is 60.2 Å². The van der Waals surface area contributed by atoms with Crippen LogP contribution < -0.4 is 0 Å². The maximum atomic E-state index is 12.4. The van der Waals surface area contributed by atoms with Crippen LogP contribution in [0.3, 0.4) is 0 Å². The Labute approximate surface area is 155 Å². The van der Waals surface area contributed by atoms with E-state index < -0.39 is 29.6 Å². The van der Waals surface area contributed by atoms with Crippen molar-refractivity contribution in [2.45, 2.75) is 31.5 Å². The molecule has 2 rings (SSSR count). The van der Waals surface area contributed by atoms with E-state index in [2.05, 4.69) is 9.97 Å². The first-order valence-corrected chi connectivity index (χ1v) is 7.76. The number of carbonyl (C=O) groups is 3. The number of carbonyl (C=O) groups excluding carboxylic acids is 1. The summed E-state index contributed by atoms with van der Waals surface area (Å²) in [4.78, 5) is 40.0. The van der Waals surface area contributed by atoms with Gasteiger partial charge in [-0.05, 0) is 37.6 Å². The predicted octanol–water partition coefficient (Wildman–Crippen LogP) is 0.514. The number of rotatable bonds is 6. The summed E-state index contributed by atoms with van der Waals surface area (Å²) in [6, 6.07) is 7.31. The summed E-state index contributed by atoms with van der Waals surface area (Å²) >= 11 is 0. The maximum absolute atomic E-state index is 12.4. The molecule has 27 heavy (non-hydrogen) atoms. The van der Waals surface area contributed by atoms with E-state index in [1.54, 1.807) is 36.9 Å². The Morgan fingerprint density at radius 2 is 1.37 bits per heavy atom. The molecule has 0 saturated heterocycles. The van der Waals surface area contributed by atoms with Crippen molar-refractivity contribution in [2.24, 2.45) is 0 Å². The molecule has 9 nitrogen and oxygen atoms in total. The Morgan fingerprint density at radius 1 is 0.889 bits per heavy atom. The second-order valence-electron chi connectivity index (χ2n) is 6.00. The first-order valence-electron chi connectivity index (χ1n) is 7.76. The smallest absolute Gasteiger partial charge is 0.335 e. The van der Waals surface area contributed by atoms with Gasteiger partial charge in [0.2, 0.25) is 0 Å². The highest BCUT2D eigenvalue weighted by Crippen LogP contribution is 2.26. The van der Waals surface area contributed by atoms with Crippen LogP contribution in [-0.4, -0.2) is 60.3 Å². The topological polar surface area (TPSA) is 158 Å². The minimum atomic E-state index is -2.27. The number of hydrogen-bond acceptors (Lipinski definition) is 7. The van der Waals surface area contributed by atoms with Crippen molar-refractivity contribution >= 4 is 17.7 Å². The molecule has 0 bridgehead atoms. The second kappa shape index (κ2) is 9.51. The molecule has 0 fully saturated rings. The summed E-state index contributed by atoms with van der Waals surface area (Å²) in [6.07, 6.45) is 2.16. The number of aromatic nitrogens is 2. The van der Waals surface area contributed by atoms with Crippen molar-refractivity contribution in [1.29, 1.82) is 0 Å². The van der Waals surface area contributed by atoms with Crippen molar-refractivity contribution < 1.29 is 34.8 Å². The summed E-state index contributed by atoms with van der Waals surface area (Å²) in [6.45, 7) is 3.80. The quantitative estimate of drug-likeness (QED) is 0.527. The van der Waals surface area contributed by atoms with Gasteiger partial charge in [0.25, 0.3) is 0 Å². The Balaban J connectivity index is 0.000000314. The minimum absolute atomic E-state index is 0.0543. The summed E-state index contributed by atoms with van der Waals surface area (Å²) in [5.74, 6) is -3.48. The fourth-order valence-corrected chi connectivity index (χ4v) is 1.99. The number of aliphatic hydroxyl groups excluding tert-OH is 2. The molecule has 0 aliphatic rings. The number of carboxylic acid groups (broad SMARTS) is 2. The van der Waals surface area contributed by atoms with Gasteiger partial charge in [0.15, 0.2) is 18.0 Å². The van der Waals surface area contributed by atoms with Crippen LogP contribution in [0.25, 0.3) is 0 Å². The van der Waals surface area contributed by atoms with Crippen molar-refractivity contribution in [1.82, 2.24) is 9.97 Å². The average Bonchev–Trinajstić information content (AvgIpc) is 2.67. The molecule has 2 aromatic heterocycles. The largest absolute Gasteiger partial charge is 0.479 e. The molecule has 1 unspecified atom stereocenters. The second-order valence-corrected chi connectivity index (χ2v) is 6.00. The number of hydrogen-bond donors (Lipinski definition) is 4. The lowest BCUT2D eigenvalue weighted by Crippen LogP contribution is -2.39. The van der Waals surface area contributed by atoms with Crippen LogP contribution in [0.15, 0.2) is 49.1 Å². The highest BCUT2D eigenvalue weighted by atomic mass is 16.4. The molecule has 0 amide bonds. The van der Waals surface area contributed by atoms with E-state index in [0.29, 0.717) is 5.56 Å². The molecular formula is C18H20N2O7. The van der Waals surface area contributed by atoms with Crippen LogP contribution in [0, 0.1) is 0 Å². The van der Waals surface area contributed by atoms with Gasteiger partial charge in [-0.2, -0.15) is 0 Å². The molecule has 4 N–H and O–H groups in total. The van der Waals surface area contributed by atoms with Crippen LogP contribution >= 0.6 is 0 Å². The van der Waals surface area contributed by atoms with Crippen molar-refractivity contribution in [3.63, 3.8) is 0 Å². The maximum Gasteiger partial charge on any atom is 0.335 e. The predicted molar refractivity (Wildman–Crippen MR) is 93.1 cm³/mol. The van der Waals surface area contributed by atoms with E-state index >= 15 is 0 Å². The van der Waals surface area contributed by atoms with Crippen molar-refractivity contribution in [2.75, 3.05) is 0 Å². The summed E-state index contributed by atoms with van der Waals surface area (Å²) in [5, 5.41) is 32.5. The van der Waals surface area contributed by atoms with Crippen LogP contribution in [0.5, 0.6) is 0 Å². The third-order valence-corrected chi connectivity index (χ3v) is 3.68. The van der Waals surface area contributed by atoms with Crippen molar-refractivity contribution in [3.8, 4) is 0 Å². The molecule has 2 aromatic rings. The van der Waals surface area contributed by atoms with E-state index in [1.807, 2.05) is 26.0 Å². The number of Topliss-reactive ketones (excluding diaryl/α,β-unsaturated/α-hetero) is 1. The number of carboxylic acids is 2. The van der Waals surface area contributed by atoms with E-state index in [1.165, 1.54) is 0 Å². The molecule has 0 radical (unpaired) electrons. The number of aliphatic hydroxyl groups is 2. The first-order chi connectivity index (χ1) is 12.6. The Morgan fingerprint density at radius 3 is 1.74 bits per heavy atom. The minimum Gasteiger partial charge on any atom is -0.479 e. The van der Waals surface area contributed by atoms with Crippen LogP contribution in [0.2, 0.25) is 0 Å². The summed E-state index contributed by atoms with van der Waals surface area (Å²) in [7, 11) is 0. The molecule has 0 aromatic carbocycles. The molecule has 0 aliphatic heterocycles. The van der Waals surface area contributed by atoms with Gasteiger partial charge in [0.1, 0.15) is 0 Å². The van der Waals surface area contributed by atoms with Gasteiger partial charge in [-0.1, -0.05) is 6.07 Å². The molecule has 0 spiro atoms. The van der Waals surface area contributed by atoms with Gasteiger partial charge in [-0.15, -0.1) is 0 Å². The highest BCUT2D eigenvalue weighted by Gasteiger charge is 2.31. The SMILES string of the molecule is CC(C)(C(=O)c1cccnc1)c1cccnc1.O=C(O)C(O)[C@@H](O)C(=O)O. The molecule has 2 heterocycles. The summed E-state index contributed by atoms with van der Waals surface area (Å²) < 4.78 is 0. The zero-order valence-corrected chi connectivity index (χ0v) is 14.7. The Kier molecular flexibility index (Phi) is 7.70. The Hall–Kier alpha value is -3.17. The zero-order chi connectivity index (χ0) is 20.6. The Bertz CT molecular complexity index is 761. The average molecular weight is 376 g/mol. The zero-order valence-electron chi connectivity index (χ0n) is 14.7. The number of pyridine rings is 2. The van der Waals surface area contributed by atoms with Gasteiger partial charge in [-0.3, -0.25) is 14.8 Å². The van der Waals surface area contributed by atoms with Gasteiger partial charge in [0.05, 0.1) is 5.41 Å². The van der Waals surface area contributed by atoms with Crippen LogP contribution in [0.1, 0.15) is 29.8 Å². The first kappa shape index (κ1) is 21.9. The lowest BCUT2D eigenvalue weighted by molar-refractivity contribution is -0.165. The van der Waals surface area contributed by atoms with Gasteiger partial charge >= 0.3 is 11.9 Å². The molecular weight excluding hydrogens is 356 g/mol. The monoisotopic (exact) mass is 376 g/mol. The third kappa shape index (κ3) is 5.94. The summed E-state index contributed by atoms with van der Waals surface area (Å²) in [5.41, 5.74) is 0.951. The number of ketones is 1. The van der Waals surface area contributed by atoms with Gasteiger partial charge in [-0.25, -0.2) is 9.59 Å². The molecule has 2 atom stereocenters. The van der Waals surface area contributed by atoms with E-state index in [0.717, 1.165) is 5.56 Å². The van der Waals surface area contributed by atoms with Gasteiger partial charge < -0.3 is 20.4 Å². The fourth-order valence-electron chi connectivity index (χ4n) is 1.99. The molecule has 0 aliphatic carbocycles. The third-order valence-electron chi connectivity index (χ3n) is 3.68.